The van der Waals surface area contributed by atoms with Crippen LogP contribution in [0.2, 0.25) is 0 Å². The molecule has 43 heavy (non-hydrogen) atoms. The predicted molar refractivity (Wildman–Crippen MR) is 162 cm³/mol. The number of nitrogens with one attached hydrogen (secondary N) is 2. The lowest BCUT2D eigenvalue weighted by Crippen LogP contribution is -2.56. The number of benzene rings is 2. The maximum absolute atomic E-state index is 14.0. The second-order valence-electron chi connectivity index (χ2n) is 11.4. The number of hydroxylamine groups is 2. The molecular weight excluding hydrogens is 574 g/mol. The Morgan fingerprint density at radius 1 is 1.14 bits per heavy atom. The summed E-state index contributed by atoms with van der Waals surface area (Å²) in [6, 6.07) is 13.1. The summed E-state index contributed by atoms with van der Waals surface area (Å²) >= 11 is 1.23. The fourth-order valence-electron chi connectivity index (χ4n) is 4.72. The molecule has 230 valence electrons. The molecule has 0 bridgehead atoms. The minimum atomic E-state index is -1.24. The third-order valence-electron chi connectivity index (χ3n) is 6.88. The van der Waals surface area contributed by atoms with Crippen molar-refractivity contribution < 1.29 is 29.3 Å². The number of para-hydroxylation sites is 2. The molecule has 3 rings (SSSR count). The van der Waals surface area contributed by atoms with Gasteiger partial charge in [0, 0.05) is 17.6 Å². The maximum atomic E-state index is 14.0. The van der Waals surface area contributed by atoms with Crippen LogP contribution in [-0.4, -0.2) is 57.1 Å². The van der Waals surface area contributed by atoms with Crippen molar-refractivity contribution in [2.45, 2.75) is 52.6 Å². The molecule has 12 nitrogen and oxygen atoms in total. The lowest BCUT2D eigenvalue weighted by atomic mass is 9.83. The molecule has 0 saturated heterocycles. The van der Waals surface area contributed by atoms with Crippen molar-refractivity contribution in [3.8, 4) is 5.75 Å². The number of carbonyl (C=O) groups is 3. The average Bonchev–Trinajstić information content (AvgIpc) is 3.48. The summed E-state index contributed by atoms with van der Waals surface area (Å²) in [5.74, 6) is -2.32. The Morgan fingerprint density at radius 3 is 2.42 bits per heavy atom. The first-order valence-corrected chi connectivity index (χ1v) is 14.6. The molecule has 0 radical (unpaired) electrons. The Bertz CT molecular complexity index is 1360. The van der Waals surface area contributed by atoms with E-state index >= 15 is 0 Å². The number of nitro groups is 1. The molecule has 0 aliphatic rings. The molecule has 1 heterocycles. The first kappa shape index (κ1) is 33.1. The topological polar surface area (TPSA) is 164 Å². The number of ether oxygens (including phenoxy) is 1. The predicted octanol–water partition coefficient (Wildman–Crippen LogP) is 4.70. The SMILES string of the molecule is CC(Cc1ccccc1)C[C@@H](C(=O)N[C@H](C(=O)Nc1nccs1)C(C)(C)C)[C@H](COc1ccccc1[N+](=O)[O-])N(O)C=O. The number of amides is 3. The van der Waals surface area contributed by atoms with E-state index in [1.807, 2.05) is 37.3 Å². The van der Waals surface area contributed by atoms with Crippen molar-refractivity contribution in [1.82, 2.24) is 15.4 Å². The fourth-order valence-corrected chi connectivity index (χ4v) is 5.25. The van der Waals surface area contributed by atoms with E-state index in [4.69, 9.17) is 4.74 Å². The highest BCUT2D eigenvalue weighted by Crippen LogP contribution is 2.29. The summed E-state index contributed by atoms with van der Waals surface area (Å²) in [4.78, 5) is 54.1. The van der Waals surface area contributed by atoms with Gasteiger partial charge in [-0.25, -0.2) is 10.0 Å². The van der Waals surface area contributed by atoms with Crippen molar-refractivity contribution in [2.24, 2.45) is 17.3 Å². The number of nitrogens with zero attached hydrogens (tertiary/aromatic N) is 3. The average molecular weight is 612 g/mol. The second-order valence-corrected chi connectivity index (χ2v) is 12.3. The van der Waals surface area contributed by atoms with Crippen molar-refractivity contribution >= 4 is 40.4 Å². The van der Waals surface area contributed by atoms with Gasteiger partial charge in [-0.3, -0.25) is 29.7 Å². The number of hydrogen-bond acceptors (Lipinski definition) is 9. The molecule has 4 atom stereocenters. The second kappa shape index (κ2) is 15.2. The van der Waals surface area contributed by atoms with Gasteiger partial charge in [0.25, 0.3) is 0 Å². The standard InChI is InChI=1S/C30H37N5O7S/c1-20(16-21-10-6-5-7-11-21)17-22(24(34(39)19-36)18-42-25-13-9-8-12-23(25)35(40)41)27(37)32-26(30(2,3)4)28(38)33-29-31-14-15-43-29/h5-15,19-20,22,24,26,39H,16-18H2,1-4H3,(H,32,37)(H,31,33,38)/t20?,22-,24+,26-/m1/s1. The Morgan fingerprint density at radius 2 is 1.81 bits per heavy atom. The Balaban J connectivity index is 1.92. The van der Waals surface area contributed by atoms with E-state index in [2.05, 4.69) is 15.6 Å². The van der Waals surface area contributed by atoms with Crippen LogP contribution in [0.4, 0.5) is 10.8 Å². The lowest BCUT2D eigenvalue weighted by Gasteiger charge is -2.35. The number of nitro benzene ring substituents is 1. The van der Waals surface area contributed by atoms with Gasteiger partial charge in [-0.05, 0) is 35.8 Å². The van der Waals surface area contributed by atoms with Crippen LogP contribution in [0.3, 0.4) is 0 Å². The van der Waals surface area contributed by atoms with Crippen LogP contribution in [0.1, 0.15) is 39.7 Å². The van der Waals surface area contributed by atoms with E-state index in [9.17, 15) is 29.7 Å². The molecular formula is C30H37N5O7S. The normalized spacial score (nSPS) is 14.1. The van der Waals surface area contributed by atoms with E-state index in [0.717, 1.165) is 5.56 Å². The minimum Gasteiger partial charge on any atom is -0.484 e. The maximum Gasteiger partial charge on any atom is 0.310 e. The van der Waals surface area contributed by atoms with Gasteiger partial charge >= 0.3 is 5.69 Å². The third kappa shape index (κ3) is 9.58. The highest BCUT2D eigenvalue weighted by molar-refractivity contribution is 7.13. The molecule has 2 aromatic carbocycles. The smallest absolute Gasteiger partial charge is 0.310 e. The van der Waals surface area contributed by atoms with Gasteiger partial charge in [0.15, 0.2) is 10.9 Å². The van der Waals surface area contributed by atoms with Crippen molar-refractivity contribution in [2.75, 3.05) is 11.9 Å². The Labute approximate surface area is 254 Å². The summed E-state index contributed by atoms with van der Waals surface area (Å²) in [7, 11) is 0. The van der Waals surface area contributed by atoms with Crippen LogP contribution in [0, 0.1) is 27.4 Å². The molecule has 13 heteroatoms. The molecule has 0 fully saturated rings. The van der Waals surface area contributed by atoms with Crippen LogP contribution in [0.5, 0.6) is 5.75 Å². The van der Waals surface area contributed by atoms with Gasteiger partial charge in [0.05, 0.1) is 10.8 Å². The molecule has 1 unspecified atom stereocenters. The van der Waals surface area contributed by atoms with Gasteiger partial charge in [-0.2, -0.15) is 0 Å². The summed E-state index contributed by atoms with van der Waals surface area (Å²) in [5, 5.41) is 30.2. The van der Waals surface area contributed by atoms with E-state index in [-0.39, 0.29) is 30.2 Å². The molecule has 1 aromatic heterocycles. The van der Waals surface area contributed by atoms with Gasteiger partial charge in [-0.1, -0.05) is 70.2 Å². The fraction of sp³-hybridized carbons (Fsp3) is 0.400. The van der Waals surface area contributed by atoms with Gasteiger partial charge in [0.2, 0.25) is 18.2 Å². The third-order valence-corrected chi connectivity index (χ3v) is 7.57. The lowest BCUT2D eigenvalue weighted by molar-refractivity contribution is -0.385. The van der Waals surface area contributed by atoms with E-state index in [1.54, 1.807) is 38.4 Å². The summed E-state index contributed by atoms with van der Waals surface area (Å²) in [6.45, 7) is 6.90. The van der Waals surface area contributed by atoms with Gasteiger partial charge in [0.1, 0.15) is 18.7 Å². The summed E-state index contributed by atoms with van der Waals surface area (Å²) < 4.78 is 5.74. The Kier molecular flexibility index (Phi) is 11.7. The number of anilines is 1. The number of aromatic nitrogens is 1. The van der Waals surface area contributed by atoms with Crippen LogP contribution in [-0.2, 0) is 20.8 Å². The van der Waals surface area contributed by atoms with Gasteiger partial charge in [-0.15, -0.1) is 11.3 Å². The number of carbonyl (C=O) groups excluding carboxylic acids is 3. The van der Waals surface area contributed by atoms with Crippen LogP contribution in [0.15, 0.2) is 66.2 Å². The zero-order chi connectivity index (χ0) is 31.6. The van der Waals surface area contributed by atoms with Crippen LogP contribution in [0.25, 0.3) is 0 Å². The number of rotatable bonds is 15. The Hall–Kier alpha value is -4.36. The molecule has 0 spiro atoms. The van der Waals surface area contributed by atoms with Crippen molar-refractivity contribution in [1.29, 1.82) is 0 Å². The summed E-state index contributed by atoms with van der Waals surface area (Å²) in [5.41, 5.74) is 0.00711. The van der Waals surface area contributed by atoms with E-state index < -0.39 is 46.8 Å². The number of hydrogen-bond donors (Lipinski definition) is 3. The molecule has 0 aliphatic carbocycles. The van der Waals surface area contributed by atoms with Crippen molar-refractivity contribution in [3.63, 3.8) is 0 Å². The zero-order valence-electron chi connectivity index (χ0n) is 24.5. The van der Waals surface area contributed by atoms with Crippen LogP contribution < -0.4 is 15.4 Å². The van der Waals surface area contributed by atoms with Crippen LogP contribution >= 0.6 is 11.3 Å². The number of thiazole rings is 1. The quantitative estimate of drug-likeness (QED) is 0.0963. The van der Waals surface area contributed by atoms with Crippen molar-refractivity contribution in [3.05, 3.63) is 81.9 Å². The van der Waals surface area contributed by atoms with Gasteiger partial charge < -0.3 is 15.4 Å². The summed E-state index contributed by atoms with van der Waals surface area (Å²) in [6.07, 6.45) is 2.50. The molecule has 3 amide bonds. The first-order chi connectivity index (χ1) is 20.4. The highest BCUT2D eigenvalue weighted by Gasteiger charge is 2.39. The van der Waals surface area contributed by atoms with E-state index in [1.165, 1.54) is 29.5 Å². The zero-order valence-corrected chi connectivity index (χ0v) is 25.3. The first-order valence-electron chi connectivity index (χ1n) is 13.7. The largest absolute Gasteiger partial charge is 0.484 e. The van der Waals surface area contributed by atoms with E-state index in [0.29, 0.717) is 16.6 Å². The highest BCUT2D eigenvalue weighted by atomic mass is 32.1. The minimum absolute atomic E-state index is 0.0799. The monoisotopic (exact) mass is 611 g/mol. The molecule has 3 aromatic rings. The molecule has 0 aliphatic heterocycles. The molecule has 0 saturated carbocycles. The molecule has 3 N–H and O–H groups in total.